The molecule has 0 radical (unpaired) electrons. The van der Waals surface area contributed by atoms with Gasteiger partial charge in [-0.25, -0.2) is 8.42 Å². The zero-order valence-corrected chi connectivity index (χ0v) is 12.7. The molecule has 1 aliphatic rings. The summed E-state index contributed by atoms with van der Waals surface area (Å²) in [5.74, 6) is -0.744. The van der Waals surface area contributed by atoms with Crippen molar-refractivity contribution in [2.45, 2.75) is 13.3 Å². The maximum absolute atomic E-state index is 12.1. The van der Waals surface area contributed by atoms with Crippen molar-refractivity contribution in [1.82, 2.24) is 0 Å². The number of nitrogens with two attached hydrogens (primary N) is 1. The van der Waals surface area contributed by atoms with Gasteiger partial charge in [0.15, 0.2) is 9.84 Å². The number of benzene rings is 1. The molecule has 2 rings (SSSR count). The third kappa shape index (κ3) is 3.34. The normalized spacial score (nSPS) is 20.6. The van der Waals surface area contributed by atoms with Gasteiger partial charge in [-0.05, 0) is 25.0 Å². The van der Waals surface area contributed by atoms with Gasteiger partial charge in [-0.3, -0.25) is 4.79 Å². The lowest BCUT2D eigenvalue weighted by Crippen LogP contribution is -2.24. The van der Waals surface area contributed by atoms with Crippen LogP contribution in [0.15, 0.2) is 18.2 Å². The van der Waals surface area contributed by atoms with Crippen molar-refractivity contribution in [2.75, 3.05) is 16.8 Å². The van der Waals surface area contributed by atoms with Crippen LogP contribution >= 0.6 is 12.2 Å². The Morgan fingerprint density at radius 3 is 2.70 bits per heavy atom. The molecule has 0 bridgehead atoms. The standard InChI is InChI=1S/C13H16N2O3S2/c1-8-2-3-9(12(14)19)6-11(8)15-13(16)10-4-5-20(17,18)7-10/h2-3,6,10H,4-5,7H2,1H3,(H2,14,19)(H,15,16). The van der Waals surface area contributed by atoms with E-state index in [9.17, 15) is 13.2 Å². The molecule has 1 saturated heterocycles. The minimum absolute atomic E-state index is 0.0765. The Labute approximate surface area is 123 Å². The van der Waals surface area contributed by atoms with Gasteiger partial charge in [0, 0.05) is 11.3 Å². The number of amides is 1. The molecule has 1 aliphatic heterocycles. The molecule has 3 N–H and O–H groups in total. The molecule has 108 valence electrons. The molecule has 0 spiro atoms. The average molecular weight is 312 g/mol. The van der Waals surface area contributed by atoms with Gasteiger partial charge in [-0.15, -0.1) is 0 Å². The summed E-state index contributed by atoms with van der Waals surface area (Å²) in [4.78, 5) is 12.3. The number of hydrogen-bond donors (Lipinski definition) is 2. The number of sulfone groups is 1. The first-order valence-corrected chi connectivity index (χ1v) is 8.43. The van der Waals surface area contributed by atoms with Crippen LogP contribution in [-0.2, 0) is 14.6 Å². The Balaban J connectivity index is 2.16. The Kier molecular flexibility index (Phi) is 4.10. The molecule has 5 nitrogen and oxygen atoms in total. The fourth-order valence-corrected chi connectivity index (χ4v) is 4.01. The zero-order chi connectivity index (χ0) is 14.9. The average Bonchev–Trinajstić information content (AvgIpc) is 2.72. The van der Waals surface area contributed by atoms with E-state index in [4.69, 9.17) is 18.0 Å². The molecule has 1 fully saturated rings. The van der Waals surface area contributed by atoms with E-state index >= 15 is 0 Å². The minimum atomic E-state index is -3.07. The zero-order valence-electron chi connectivity index (χ0n) is 11.0. The van der Waals surface area contributed by atoms with Gasteiger partial charge < -0.3 is 11.1 Å². The second kappa shape index (κ2) is 5.49. The number of thiocarbonyl (C=S) groups is 1. The predicted octanol–water partition coefficient (Wildman–Crippen LogP) is 1.00. The van der Waals surface area contributed by atoms with Crippen LogP contribution in [0, 0.1) is 12.8 Å². The first-order valence-electron chi connectivity index (χ1n) is 6.20. The summed E-state index contributed by atoms with van der Waals surface area (Å²) in [5, 5.41) is 2.77. The van der Waals surface area contributed by atoms with E-state index in [0.29, 0.717) is 17.7 Å². The van der Waals surface area contributed by atoms with Crippen molar-refractivity contribution >= 4 is 38.6 Å². The molecule has 7 heteroatoms. The first-order chi connectivity index (χ1) is 9.28. The number of anilines is 1. The SMILES string of the molecule is Cc1ccc(C(N)=S)cc1NC(=O)C1CCS(=O)(=O)C1. The molecule has 20 heavy (non-hydrogen) atoms. The quantitative estimate of drug-likeness (QED) is 0.813. The lowest BCUT2D eigenvalue weighted by atomic mass is 10.1. The molecule has 1 amide bonds. The largest absolute Gasteiger partial charge is 0.389 e. The predicted molar refractivity (Wildman–Crippen MR) is 82.5 cm³/mol. The highest BCUT2D eigenvalue weighted by Gasteiger charge is 2.33. The molecule has 0 aromatic heterocycles. The van der Waals surface area contributed by atoms with Crippen molar-refractivity contribution in [2.24, 2.45) is 11.7 Å². The first kappa shape index (κ1) is 14.9. The lowest BCUT2D eigenvalue weighted by molar-refractivity contribution is -0.119. The summed E-state index contributed by atoms with van der Waals surface area (Å²) in [6.07, 6.45) is 0.377. The fraction of sp³-hybridized carbons (Fsp3) is 0.385. The smallest absolute Gasteiger partial charge is 0.228 e. The number of nitrogens with one attached hydrogen (secondary N) is 1. The molecule has 0 saturated carbocycles. The summed E-state index contributed by atoms with van der Waals surface area (Å²) < 4.78 is 22.8. The van der Waals surface area contributed by atoms with Gasteiger partial charge in [-0.2, -0.15) is 0 Å². The Bertz CT molecular complexity index is 668. The van der Waals surface area contributed by atoms with Gasteiger partial charge in [0.2, 0.25) is 5.91 Å². The van der Waals surface area contributed by atoms with Gasteiger partial charge in [0.25, 0.3) is 0 Å². The highest BCUT2D eigenvalue weighted by molar-refractivity contribution is 7.91. The van der Waals surface area contributed by atoms with Crippen molar-refractivity contribution in [1.29, 1.82) is 0 Å². The highest BCUT2D eigenvalue weighted by Crippen LogP contribution is 2.22. The summed E-state index contributed by atoms with van der Waals surface area (Å²) >= 11 is 4.90. The third-order valence-corrected chi connectivity index (χ3v) is 5.39. The summed E-state index contributed by atoms with van der Waals surface area (Å²) in [7, 11) is -3.07. The molecular formula is C13H16N2O3S2. The van der Waals surface area contributed by atoms with Gasteiger partial charge in [-0.1, -0.05) is 24.4 Å². The van der Waals surface area contributed by atoms with Gasteiger partial charge >= 0.3 is 0 Å². The fourth-order valence-electron chi connectivity index (χ4n) is 2.15. The van der Waals surface area contributed by atoms with Crippen molar-refractivity contribution in [3.05, 3.63) is 29.3 Å². The summed E-state index contributed by atoms with van der Waals surface area (Å²) in [5.41, 5.74) is 7.72. The number of carbonyl (C=O) groups is 1. The van der Waals surface area contributed by atoms with Crippen LogP contribution in [0.1, 0.15) is 17.5 Å². The number of hydrogen-bond acceptors (Lipinski definition) is 4. The molecule has 1 heterocycles. The monoisotopic (exact) mass is 312 g/mol. The number of rotatable bonds is 3. The van der Waals surface area contributed by atoms with Crippen molar-refractivity contribution < 1.29 is 13.2 Å². The number of carbonyl (C=O) groups excluding carboxylic acids is 1. The summed E-state index contributed by atoms with van der Waals surface area (Å²) in [6, 6.07) is 5.31. The second-order valence-corrected chi connectivity index (χ2v) is 7.65. The van der Waals surface area contributed by atoms with Crippen LogP contribution in [0.25, 0.3) is 0 Å². The second-order valence-electron chi connectivity index (χ2n) is 4.98. The number of aryl methyl sites for hydroxylation is 1. The van der Waals surface area contributed by atoms with E-state index in [1.54, 1.807) is 12.1 Å². The van der Waals surface area contributed by atoms with E-state index < -0.39 is 15.8 Å². The Morgan fingerprint density at radius 1 is 1.45 bits per heavy atom. The molecule has 1 unspecified atom stereocenters. The maximum Gasteiger partial charge on any atom is 0.228 e. The van der Waals surface area contributed by atoms with E-state index in [1.165, 1.54) is 0 Å². The van der Waals surface area contributed by atoms with E-state index in [-0.39, 0.29) is 22.4 Å². The third-order valence-electron chi connectivity index (χ3n) is 3.38. The maximum atomic E-state index is 12.1. The molecule has 1 aromatic carbocycles. The van der Waals surface area contributed by atoms with Crippen molar-refractivity contribution in [3.8, 4) is 0 Å². The van der Waals surface area contributed by atoms with Crippen LogP contribution in [0.4, 0.5) is 5.69 Å². The molecule has 1 aromatic rings. The van der Waals surface area contributed by atoms with E-state index in [0.717, 1.165) is 5.56 Å². The highest BCUT2D eigenvalue weighted by atomic mass is 32.2. The van der Waals surface area contributed by atoms with Crippen LogP contribution in [0.5, 0.6) is 0 Å². The van der Waals surface area contributed by atoms with Crippen LogP contribution in [-0.4, -0.2) is 30.8 Å². The van der Waals surface area contributed by atoms with Crippen LogP contribution < -0.4 is 11.1 Å². The summed E-state index contributed by atoms with van der Waals surface area (Å²) in [6.45, 7) is 1.85. The van der Waals surface area contributed by atoms with Gasteiger partial charge in [0.1, 0.15) is 4.99 Å². The van der Waals surface area contributed by atoms with Gasteiger partial charge in [0.05, 0.1) is 17.4 Å². The van der Waals surface area contributed by atoms with Crippen molar-refractivity contribution in [3.63, 3.8) is 0 Å². The minimum Gasteiger partial charge on any atom is -0.389 e. The Hall–Kier alpha value is -1.47. The van der Waals surface area contributed by atoms with Crippen LogP contribution in [0.2, 0.25) is 0 Å². The molecular weight excluding hydrogens is 296 g/mol. The molecule has 0 aliphatic carbocycles. The lowest BCUT2D eigenvalue weighted by Gasteiger charge is -2.13. The Morgan fingerprint density at radius 2 is 2.15 bits per heavy atom. The van der Waals surface area contributed by atoms with Crippen LogP contribution in [0.3, 0.4) is 0 Å². The topological polar surface area (TPSA) is 89.3 Å². The molecule has 1 atom stereocenters. The van der Waals surface area contributed by atoms with E-state index in [2.05, 4.69) is 5.32 Å². The van der Waals surface area contributed by atoms with E-state index in [1.807, 2.05) is 13.0 Å².